The van der Waals surface area contributed by atoms with E-state index in [1.165, 1.54) is 12.1 Å². The van der Waals surface area contributed by atoms with Gasteiger partial charge in [-0.1, -0.05) is 0 Å². The number of aliphatic hydroxyl groups excluding tert-OH is 1. The van der Waals surface area contributed by atoms with Gasteiger partial charge in [0, 0.05) is 19.6 Å². The van der Waals surface area contributed by atoms with Crippen LogP contribution in [0, 0.1) is 0 Å². The fourth-order valence-electron chi connectivity index (χ4n) is 2.20. The van der Waals surface area contributed by atoms with Gasteiger partial charge in [-0.05, 0) is 18.2 Å². The van der Waals surface area contributed by atoms with Crippen molar-refractivity contribution < 1.29 is 28.2 Å². The molecule has 0 atom stereocenters. The summed E-state index contributed by atoms with van der Waals surface area (Å²) in [5.74, 6) is -1.19. The molecular formula is C13H18N2O6S. The average Bonchev–Trinajstić information content (AvgIpc) is 2.53. The lowest BCUT2D eigenvalue weighted by Crippen LogP contribution is -2.37. The Morgan fingerprint density at radius 2 is 2.00 bits per heavy atom. The van der Waals surface area contributed by atoms with Crippen molar-refractivity contribution in [3.05, 3.63) is 23.8 Å². The molecule has 1 saturated heterocycles. The summed E-state index contributed by atoms with van der Waals surface area (Å²) in [6, 6.07) is 3.98. The normalized spacial score (nSPS) is 15.8. The molecule has 9 heteroatoms. The predicted molar refractivity (Wildman–Crippen MR) is 78.7 cm³/mol. The number of hydrogen-bond acceptors (Lipinski definition) is 6. The number of benzene rings is 1. The second-order valence-corrected chi connectivity index (χ2v) is 6.47. The number of ether oxygens (including phenoxy) is 1. The first-order valence-corrected chi connectivity index (χ1v) is 8.24. The van der Waals surface area contributed by atoms with E-state index < -0.39 is 16.0 Å². The summed E-state index contributed by atoms with van der Waals surface area (Å²) in [6.07, 6.45) is 0. The van der Waals surface area contributed by atoms with Gasteiger partial charge in [-0.15, -0.1) is 0 Å². The van der Waals surface area contributed by atoms with E-state index in [4.69, 9.17) is 9.84 Å². The number of aromatic carboxylic acids is 1. The van der Waals surface area contributed by atoms with Crippen LogP contribution in [0.4, 0.5) is 5.69 Å². The smallest absolute Gasteiger partial charge is 0.337 e. The Bertz CT molecular complexity index is 640. The van der Waals surface area contributed by atoms with E-state index in [-0.39, 0.29) is 23.6 Å². The topological polar surface area (TPSA) is 116 Å². The molecule has 0 radical (unpaired) electrons. The number of carboxylic acid groups (broad SMARTS) is 1. The van der Waals surface area contributed by atoms with Crippen molar-refractivity contribution in [2.75, 3.05) is 44.4 Å². The first-order chi connectivity index (χ1) is 10.5. The molecule has 1 heterocycles. The van der Waals surface area contributed by atoms with Crippen LogP contribution in [0.1, 0.15) is 10.4 Å². The Hall–Kier alpha value is -1.68. The van der Waals surface area contributed by atoms with Crippen LogP contribution in [0.3, 0.4) is 0 Å². The maximum absolute atomic E-state index is 12.0. The Morgan fingerprint density at radius 3 is 2.59 bits per heavy atom. The minimum absolute atomic E-state index is 0.0752. The van der Waals surface area contributed by atoms with Crippen LogP contribution >= 0.6 is 0 Å². The third kappa shape index (κ3) is 3.74. The summed E-state index contributed by atoms with van der Waals surface area (Å²) in [6.45, 7) is 1.63. The summed E-state index contributed by atoms with van der Waals surface area (Å²) in [5, 5.41) is 18.0. The zero-order valence-corrected chi connectivity index (χ0v) is 12.7. The maximum Gasteiger partial charge on any atom is 0.337 e. The van der Waals surface area contributed by atoms with E-state index in [1.807, 2.05) is 4.90 Å². The number of nitrogens with zero attached hydrogens (tertiary/aromatic N) is 1. The largest absolute Gasteiger partial charge is 0.478 e. The molecule has 0 spiro atoms. The van der Waals surface area contributed by atoms with E-state index in [9.17, 15) is 18.3 Å². The molecule has 1 aliphatic rings. The SMILES string of the molecule is O=C(O)c1cc(S(=O)(=O)NCCO)ccc1N1CCOCC1. The fraction of sp³-hybridized carbons (Fsp3) is 0.462. The van der Waals surface area contributed by atoms with Crippen LogP contribution < -0.4 is 9.62 Å². The molecule has 8 nitrogen and oxygen atoms in total. The van der Waals surface area contributed by atoms with E-state index in [1.54, 1.807) is 0 Å². The Balaban J connectivity index is 2.36. The fourth-order valence-corrected chi connectivity index (χ4v) is 3.24. The summed E-state index contributed by atoms with van der Waals surface area (Å²) in [7, 11) is -3.84. The molecule has 22 heavy (non-hydrogen) atoms. The molecular weight excluding hydrogens is 312 g/mol. The molecule has 1 fully saturated rings. The number of nitrogens with one attached hydrogen (secondary N) is 1. The molecule has 0 saturated carbocycles. The molecule has 2 rings (SSSR count). The van der Waals surface area contributed by atoms with Crippen LogP contribution in [0.25, 0.3) is 0 Å². The zero-order valence-electron chi connectivity index (χ0n) is 11.9. The highest BCUT2D eigenvalue weighted by Crippen LogP contribution is 2.25. The molecule has 3 N–H and O–H groups in total. The number of anilines is 1. The van der Waals surface area contributed by atoms with E-state index in [0.717, 1.165) is 6.07 Å². The first kappa shape index (κ1) is 16.7. The number of hydrogen-bond donors (Lipinski definition) is 3. The molecule has 0 aromatic heterocycles. The second-order valence-electron chi connectivity index (χ2n) is 4.70. The average molecular weight is 330 g/mol. The summed E-state index contributed by atoms with van der Waals surface area (Å²) >= 11 is 0. The van der Waals surface area contributed by atoms with Crippen LogP contribution in [0.5, 0.6) is 0 Å². The van der Waals surface area contributed by atoms with Crippen molar-refractivity contribution in [3.63, 3.8) is 0 Å². The summed E-state index contributed by atoms with van der Waals surface area (Å²) in [4.78, 5) is 13.2. The highest BCUT2D eigenvalue weighted by Gasteiger charge is 2.22. The highest BCUT2D eigenvalue weighted by molar-refractivity contribution is 7.89. The van der Waals surface area contributed by atoms with Crippen LogP contribution in [0.15, 0.2) is 23.1 Å². The molecule has 1 aliphatic heterocycles. The third-order valence-electron chi connectivity index (χ3n) is 3.26. The molecule has 122 valence electrons. The first-order valence-electron chi connectivity index (χ1n) is 6.76. The zero-order chi connectivity index (χ0) is 16.2. The number of aliphatic hydroxyl groups is 1. The van der Waals surface area contributed by atoms with Gasteiger partial charge in [-0.3, -0.25) is 0 Å². The van der Waals surface area contributed by atoms with Crippen LogP contribution in [-0.4, -0.2) is 64.1 Å². The molecule has 0 bridgehead atoms. The monoisotopic (exact) mass is 330 g/mol. The Labute approximate surface area is 128 Å². The molecule has 1 aromatic rings. The van der Waals surface area contributed by atoms with Gasteiger partial charge in [0.1, 0.15) is 0 Å². The van der Waals surface area contributed by atoms with Crippen LogP contribution in [0.2, 0.25) is 0 Å². The lowest BCUT2D eigenvalue weighted by atomic mass is 10.1. The van der Waals surface area contributed by atoms with Crippen molar-refractivity contribution in [2.45, 2.75) is 4.90 Å². The van der Waals surface area contributed by atoms with Gasteiger partial charge in [-0.25, -0.2) is 17.9 Å². The molecule has 1 aromatic carbocycles. The number of rotatable bonds is 6. The Kier molecular flexibility index (Phi) is 5.35. The lowest BCUT2D eigenvalue weighted by molar-refractivity contribution is 0.0696. The highest BCUT2D eigenvalue weighted by atomic mass is 32.2. The van der Waals surface area contributed by atoms with Gasteiger partial charge in [-0.2, -0.15) is 0 Å². The molecule has 0 aliphatic carbocycles. The minimum Gasteiger partial charge on any atom is -0.478 e. The summed E-state index contributed by atoms with van der Waals surface area (Å²) < 4.78 is 31.4. The van der Waals surface area contributed by atoms with Gasteiger partial charge in [0.15, 0.2) is 0 Å². The third-order valence-corrected chi connectivity index (χ3v) is 4.72. The quantitative estimate of drug-likeness (QED) is 0.643. The molecule has 0 unspecified atom stereocenters. The van der Waals surface area contributed by atoms with Gasteiger partial charge >= 0.3 is 5.97 Å². The summed E-state index contributed by atoms with van der Waals surface area (Å²) in [5.41, 5.74) is 0.394. The van der Waals surface area contributed by atoms with Gasteiger partial charge in [0.2, 0.25) is 10.0 Å². The number of carboxylic acids is 1. The van der Waals surface area contributed by atoms with Crippen molar-refractivity contribution >= 4 is 21.7 Å². The predicted octanol–water partition coefficient (Wildman–Crippen LogP) is -0.508. The standard InChI is InChI=1S/C13H18N2O6S/c16-6-3-14-22(19,20)10-1-2-12(11(9-10)13(17)18)15-4-7-21-8-5-15/h1-2,9,14,16H,3-8H2,(H,17,18). The minimum atomic E-state index is -3.84. The van der Waals surface area contributed by atoms with Crippen molar-refractivity contribution in [1.82, 2.24) is 4.72 Å². The van der Waals surface area contributed by atoms with Crippen molar-refractivity contribution in [1.29, 1.82) is 0 Å². The van der Waals surface area contributed by atoms with E-state index in [2.05, 4.69) is 4.72 Å². The van der Waals surface area contributed by atoms with E-state index >= 15 is 0 Å². The van der Waals surface area contributed by atoms with Gasteiger partial charge in [0.25, 0.3) is 0 Å². The van der Waals surface area contributed by atoms with Crippen molar-refractivity contribution in [3.8, 4) is 0 Å². The molecule has 0 amide bonds. The number of carbonyl (C=O) groups is 1. The van der Waals surface area contributed by atoms with E-state index in [0.29, 0.717) is 32.0 Å². The van der Waals surface area contributed by atoms with Gasteiger partial charge in [0.05, 0.1) is 36.0 Å². The van der Waals surface area contributed by atoms with Crippen molar-refractivity contribution in [2.24, 2.45) is 0 Å². The number of morpholine rings is 1. The lowest BCUT2D eigenvalue weighted by Gasteiger charge is -2.30. The van der Waals surface area contributed by atoms with Gasteiger partial charge < -0.3 is 19.8 Å². The number of sulfonamides is 1. The Morgan fingerprint density at radius 1 is 1.32 bits per heavy atom. The van der Waals surface area contributed by atoms with Crippen LogP contribution in [-0.2, 0) is 14.8 Å². The second kappa shape index (κ2) is 7.05. The maximum atomic E-state index is 12.0.